The number of benzene rings is 1. The van der Waals surface area contributed by atoms with Crippen LogP contribution in [0.15, 0.2) is 12.1 Å². The fourth-order valence-corrected chi connectivity index (χ4v) is 1.35. The molecule has 0 aliphatic heterocycles. The Kier molecular flexibility index (Phi) is 4.15. The second-order valence-electron chi connectivity index (χ2n) is 3.45. The van der Waals surface area contributed by atoms with Crippen molar-refractivity contribution in [3.8, 4) is 0 Å². The summed E-state index contributed by atoms with van der Waals surface area (Å²) < 4.78 is 38.5. The van der Waals surface area contributed by atoms with Crippen LogP contribution in [0.1, 0.15) is 37.9 Å². The lowest BCUT2D eigenvalue weighted by Crippen LogP contribution is -2.03. The van der Waals surface area contributed by atoms with Gasteiger partial charge < -0.3 is 5.11 Å². The van der Waals surface area contributed by atoms with Crippen molar-refractivity contribution in [2.24, 2.45) is 0 Å². The molecule has 1 aromatic carbocycles. The van der Waals surface area contributed by atoms with E-state index in [2.05, 4.69) is 0 Å². The summed E-state index contributed by atoms with van der Waals surface area (Å²) in [5, 5.41) is 9.52. The van der Waals surface area contributed by atoms with Gasteiger partial charge in [-0.1, -0.05) is 19.8 Å². The van der Waals surface area contributed by atoms with Crippen molar-refractivity contribution in [1.29, 1.82) is 0 Å². The van der Waals surface area contributed by atoms with E-state index in [0.717, 1.165) is 6.42 Å². The third kappa shape index (κ3) is 2.96. The molecular weight excluding hydrogens is 205 g/mol. The summed E-state index contributed by atoms with van der Waals surface area (Å²) in [4.78, 5) is 0. The normalized spacial score (nSPS) is 12.9. The SMILES string of the molecule is CCCCC(O)c1cc(F)c(F)cc1F. The molecule has 0 spiro atoms. The first-order chi connectivity index (χ1) is 7.06. The summed E-state index contributed by atoms with van der Waals surface area (Å²) >= 11 is 0. The van der Waals surface area contributed by atoms with E-state index < -0.39 is 23.6 Å². The maximum absolute atomic E-state index is 13.1. The summed E-state index contributed by atoms with van der Waals surface area (Å²) in [6, 6.07) is 1.17. The Morgan fingerprint density at radius 3 is 2.33 bits per heavy atom. The average Bonchev–Trinajstić information content (AvgIpc) is 2.20. The lowest BCUT2D eigenvalue weighted by molar-refractivity contribution is 0.159. The molecule has 4 heteroatoms. The van der Waals surface area contributed by atoms with Crippen LogP contribution in [-0.2, 0) is 0 Å². The van der Waals surface area contributed by atoms with E-state index in [0.29, 0.717) is 25.0 Å². The van der Waals surface area contributed by atoms with Crippen LogP contribution in [0.2, 0.25) is 0 Å². The van der Waals surface area contributed by atoms with Crippen molar-refractivity contribution < 1.29 is 18.3 Å². The van der Waals surface area contributed by atoms with E-state index in [9.17, 15) is 18.3 Å². The van der Waals surface area contributed by atoms with Crippen LogP contribution >= 0.6 is 0 Å². The number of rotatable bonds is 4. The predicted molar refractivity (Wildman–Crippen MR) is 50.8 cm³/mol. The van der Waals surface area contributed by atoms with E-state index in [1.165, 1.54) is 0 Å². The van der Waals surface area contributed by atoms with Gasteiger partial charge >= 0.3 is 0 Å². The Morgan fingerprint density at radius 1 is 1.13 bits per heavy atom. The van der Waals surface area contributed by atoms with Gasteiger partial charge in [0.2, 0.25) is 0 Å². The molecule has 1 aromatic rings. The van der Waals surface area contributed by atoms with Crippen LogP contribution in [-0.4, -0.2) is 5.11 Å². The summed E-state index contributed by atoms with van der Waals surface area (Å²) in [7, 11) is 0. The Labute approximate surface area is 86.5 Å². The fraction of sp³-hybridized carbons (Fsp3) is 0.455. The number of hydrogen-bond donors (Lipinski definition) is 1. The van der Waals surface area contributed by atoms with E-state index in [1.807, 2.05) is 6.92 Å². The van der Waals surface area contributed by atoms with Gasteiger partial charge in [0, 0.05) is 11.6 Å². The molecule has 1 unspecified atom stereocenters. The largest absolute Gasteiger partial charge is 0.388 e. The summed E-state index contributed by atoms with van der Waals surface area (Å²) in [6.45, 7) is 1.92. The highest BCUT2D eigenvalue weighted by molar-refractivity contribution is 5.22. The van der Waals surface area contributed by atoms with Gasteiger partial charge in [-0.25, -0.2) is 13.2 Å². The van der Waals surface area contributed by atoms with Crippen LogP contribution in [0.25, 0.3) is 0 Å². The lowest BCUT2D eigenvalue weighted by atomic mass is 10.0. The molecule has 0 saturated heterocycles. The molecule has 0 aliphatic carbocycles. The molecule has 0 amide bonds. The highest BCUT2D eigenvalue weighted by Crippen LogP contribution is 2.24. The van der Waals surface area contributed by atoms with Crippen LogP contribution < -0.4 is 0 Å². The van der Waals surface area contributed by atoms with Crippen LogP contribution in [0, 0.1) is 17.5 Å². The molecule has 0 radical (unpaired) electrons. The van der Waals surface area contributed by atoms with Crippen molar-refractivity contribution in [3.63, 3.8) is 0 Å². The summed E-state index contributed by atoms with van der Waals surface area (Å²) in [6.07, 6.45) is 0.834. The van der Waals surface area contributed by atoms with Crippen LogP contribution in [0.4, 0.5) is 13.2 Å². The Balaban J connectivity index is 2.88. The summed E-state index contributed by atoms with van der Waals surface area (Å²) in [5.74, 6) is -3.28. The minimum absolute atomic E-state index is 0.178. The van der Waals surface area contributed by atoms with E-state index in [-0.39, 0.29) is 5.56 Å². The molecule has 0 bridgehead atoms. The number of aliphatic hydroxyl groups excluding tert-OH is 1. The number of hydrogen-bond acceptors (Lipinski definition) is 1. The Bertz CT molecular complexity index is 339. The molecule has 15 heavy (non-hydrogen) atoms. The highest BCUT2D eigenvalue weighted by atomic mass is 19.2. The highest BCUT2D eigenvalue weighted by Gasteiger charge is 2.16. The van der Waals surface area contributed by atoms with Gasteiger partial charge in [0.15, 0.2) is 11.6 Å². The van der Waals surface area contributed by atoms with Gasteiger partial charge in [0.05, 0.1) is 6.10 Å². The maximum Gasteiger partial charge on any atom is 0.161 e. The van der Waals surface area contributed by atoms with Gasteiger partial charge in [0.1, 0.15) is 5.82 Å². The molecule has 0 aromatic heterocycles. The zero-order valence-electron chi connectivity index (χ0n) is 8.43. The minimum Gasteiger partial charge on any atom is -0.388 e. The van der Waals surface area contributed by atoms with Crippen LogP contribution in [0.5, 0.6) is 0 Å². The standard InChI is InChI=1S/C11H13F3O/c1-2-3-4-11(15)7-5-9(13)10(14)6-8(7)12/h5-6,11,15H,2-4H2,1H3. The number of halogens is 3. The molecule has 1 nitrogen and oxygen atoms in total. The fourth-order valence-electron chi connectivity index (χ4n) is 1.35. The van der Waals surface area contributed by atoms with Gasteiger partial charge in [-0.15, -0.1) is 0 Å². The average molecular weight is 218 g/mol. The van der Waals surface area contributed by atoms with Gasteiger partial charge in [-0.05, 0) is 12.5 Å². The smallest absolute Gasteiger partial charge is 0.161 e. The zero-order chi connectivity index (χ0) is 11.4. The van der Waals surface area contributed by atoms with Gasteiger partial charge in [-0.2, -0.15) is 0 Å². The third-order valence-corrected chi connectivity index (χ3v) is 2.23. The molecule has 1 N–H and O–H groups in total. The van der Waals surface area contributed by atoms with Gasteiger partial charge in [-0.3, -0.25) is 0 Å². The van der Waals surface area contributed by atoms with E-state index in [4.69, 9.17) is 0 Å². The van der Waals surface area contributed by atoms with Crippen molar-refractivity contribution in [2.75, 3.05) is 0 Å². The second-order valence-corrected chi connectivity index (χ2v) is 3.45. The molecular formula is C11H13F3O. The van der Waals surface area contributed by atoms with Crippen molar-refractivity contribution in [2.45, 2.75) is 32.3 Å². The van der Waals surface area contributed by atoms with Crippen LogP contribution in [0.3, 0.4) is 0 Å². The van der Waals surface area contributed by atoms with Crippen molar-refractivity contribution in [1.82, 2.24) is 0 Å². The molecule has 0 fully saturated rings. The second kappa shape index (κ2) is 5.16. The first kappa shape index (κ1) is 12.0. The number of unbranched alkanes of at least 4 members (excludes halogenated alkanes) is 1. The molecule has 0 aliphatic rings. The summed E-state index contributed by atoms with van der Waals surface area (Å²) in [5.41, 5.74) is -0.178. The van der Waals surface area contributed by atoms with Crippen molar-refractivity contribution >= 4 is 0 Å². The molecule has 0 heterocycles. The van der Waals surface area contributed by atoms with Crippen molar-refractivity contribution in [3.05, 3.63) is 35.1 Å². The molecule has 1 atom stereocenters. The zero-order valence-corrected chi connectivity index (χ0v) is 8.43. The van der Waals surface area contributed by atoms with Gasteiger partial charge in [0.25, 0.3) is 0 Å². The topological polar surface area (TPSA) is 20.2 Å². The first-order valence-electron chi connectivity index (χ1n) is 4.88. The monoisotopic (exact) mass is 218 g/mol. The van der Waals surface area contributed by atoms with E-state index in [1.54, 1.807) is 0 Å². The minimum atomic E-state index is -1.24. The molecule has 0 saturated carbocycles. The number of aliphatic hydroxyl groups is 1. The Morgan fingerprint density at radius 2 is 1.73 bits per heavy atom. The van der Waals surface area contributed by atoms with E-state index >= 15 is 0 Å². The molecule has 1 rings (SSSR count). The lowest BCUT2D eigenvalue weighted by Gasteiger charge is -2.11. The third-order valence-electron chi connectivity index (χ3n) is 2.23. The Hall–Kier alpha value is -1.03. The predicted octanol–water partition coefficient (Wildman–Crippen LogP) is 3.33. The first-order valence-corrected chi connectivity index (χ1v) is 4.88. The molecule has 84 valence electrons. The maximum atomic E-state index is 13.1. The quantitative estimate of drug-likeness (QED) is 0.768.